The summed E-state index contributed by atoms with van der Waals surface area (Å²) in [5, 5.41) is 3.59. The van der Waals surface area contributed by atoms with E-state index in [1.54, 1.807) is 0 Å². The van der Waals surface area contributed by atoms with Gasteiger partial charge in [0.2, 0.25) is 0 Å². The molecule has 1 nitrogen and oxygen atoms in total. The highest BCUT2D eigenvalue weighted by molar-refractivity contribution is 9.10. The van der Waals surface area contributed by atoms with Crippen molar-refractivity contribution in [1.29, 1.82) is 0 Å². The second kappa shape index (κ2) is 8.11. The van der Waals surface area contributed by atoms with Gasteiger partial charge >= 0.3 is 0 Å². The lowest BCUT2D eigenvalue weighted by Crippen LogP contribution is -2.28. The molecule has 1 unspecified atom stereocenters. The predicted octanol–water partition coefficient (Wildman–Crippen LogP) is 5.40. The number of halogens is 1. The Kier molecular flexibility index (Phi) is 6.46. The lowest BCUT2D eigenvalue weighted by molar-refractivity contribution is 0.528. The van der Waals surface area contributed by atoms with Crippen LogP contribution in [0.15, 0.2) is 40.9 Å². The quantitative estimate of drug-likeness (QED) is 0.692. The lowest BCUT2D eigenvalue weighted by Gasteiger charge is -2.19. The molecule has 1 heterocycles. The highest BCUT2D eigenvalue weighted by Crippen LogP contribution is 2.26. The van der Waals surface area contributed by atoms with Gasteiger partial charge in [-0.25, -0.2) is 0 Å². The first kappa shape index (κ1) is 16.7. The van der Waals surface area contributed by atoms with Crippen molar-refractivity contribution in [1.82, 2.24) is 5.32 Å². The summed E-state index contributed by atoms with van der Waals surface area (Å²) in [5.74, 6) is 0.531. The van der Waals surface area contributed by atoms with Crippen LogP contribution in [0.1, 0.15) is 42.0 Å². The Bertz CT molecular complexity index is 545. The Balaban J connectivity index is 2.12. The van der Waals surface area contributed by atoms with Gasteiger partial charge in [-0.15, -0.1) is 11.3 Å². The summed E-state index contributed by atoms with van der Waals surface area (Å²) in [4.78, 5) is 2.97. The molecule has 2 rings (SSSR count). The molecule has 1 aromatic carbocycles. The molecule has 1 aromatic heterocycles. The molecule has 114 valence electrons. The van der Waals surface area contributed by atoms with Gasteiger partial charge in [0.15, 0.2) is 0 Å². The van der Waals surface area contributed by atoms with Crippen LogP contribution in [0.3, 0.4) is 0 Å². The van der Waals surface area contributed by atoms with E-state index in [0.29, 0.717) is 12.0 Å². The van der Waals surface area contributed by atoms with E-state index in [1.165, 1.54) is 15.3 Å². The average Bonchev–Trinajstić information content (AvgIpc) is 2.92. The monoisotopic (exact) mass is 365 g/mol. The van der Waals surface area contributed by atoms with Crippen molar-refractivity contribution in [2.24, 2.45) is 0 Å². The minimum atomic E-state index is 0.525. The number of hydrogen-bond acceptors (Lipinski definition) is 2. The first-order valence-electron chi connectivity index (χ1n) is 7.65. The van der Waals surface area contributed by atoms with Gasteiger partial charge in [0.05, 0.1) is 0 Å². The van der Waals surface area contributed by atoms with Crippen LogP contribution in [0.25, 0.3) is 0 Å². The van der Waals surface area contributed by atoms with Crippen LogP contribution < -0.4 is 5.32 Å². The average molecular weight is 366 g/mol. The van der Waals surface area contributed by atoms with Gasteiger partial charge in [0.1, 0.15) is 0 Å². The van der Waals surface area contributed by atoms with Crippen LogP contribution in [-0.2, 0) is 12.8 Å². The predicted molar refractivity (Wildman–Crippen MR) is 97.4 cm³/mol. The van der Waals surface area contributed by atoms with Crippen molar-refractivity contribution in [3.63, 3.8) is 0 Å². The third-order valence-electron chi connectivity index (χ3n) is 3.63. The maximum absolute atomic E-state index is 3.59. The molecule has 3 heteroatoms. The van der Waals surface area contributed by atoms with Gasteiger partial charge < -0.3 is 5.32 Å². The van der Waals surface area contributed by atoms with Gasteiger partial charge in [0, 0.05) is 32.7 Å². The molecule has 2 aromatic rings. The topological polar surface area (TPSA) is 12.0 Å². The van der Waals surface area contributed by atoms with Crippen molar-refractivity contribution >= 4 is 27.3 Å². The minimum absolute atomic E-state index is 0.525. The van der Waals surface area contributed by atoms with Crippen LogP contribution in [0, 0.1) is 0 Å². The first-order valence-corrected chi connectivity index (χ1v) is 9.26. The van der Waals surface area contributed by atoms with Crippen molar-refractivity contribution in [2.75, 3.05) is 6.54 Å². The summed E-state index contributed by atoms with van der Waals surface area (Å²) in [7, 11) is 0. The summed E-state index contributed by atoms with van der Waals surface area (Å²) >= 11 is 5.48. The van der Waals surface area contributed by atoms with Gasteiger partial charge in [-0.1, -0.05) is 48.8 Å². The third kappa shape index (κ3) is 5.24. The maximum Gasteiger partial charge on any atom is 0.0175 e. The fraction of sp³-hybridized carbons (Fsp3) is 0.444. The van der Waals surface area contributed by atoms with Crippen molar-refractivity contribution < 1.29 is 0 Å². The number of benzene rings is 1. The summed E-state index contributed by atoms with van der Waals surface area (Å²) in [6.45, 7) is 7.67. The standard InChI is InChI=1S/C18H24BrNS/c1-4-17-9-10-18(21-17)11-15(12-20-13(2)3)14-5-7-16(19)8-6-14/h5-10,13,15,20H,4,11-12H2,1-3H3. The van der Waals surface area contributed by atoms with Gasteiger partial charge in [0.25, 0.3) is 0 Å². The number of thiophene rings is 1. The van der Waals surface area contributed by atoms with E-state index in [1.807, 2.05) is 11.3 Å². The summed E-state index contributed by atoms with van der Waals surface area (Å²) in [6.07, 6.45) is 2.25. The molecule has 0 bridgehead atoms. The Hall–Kier alpha value is -0.640. The Morgan fingerprint density at radius 3 is 2.29 bits per heavy atom. The van der Waals surface area contributed by atoms with E-state index in [9.17, 15) is 0 Å². The van der Waals surface area contributed by atoms with Crippen LogP contribution in [-0.4, -0.2) is 12.6 Å². The van der Waals surface area contributed by atoms with E-state index < -0.39 is 0 Å². The zero-order valence-corrected chi connectivity index (χ0v) is 15.4. The number of nitrogens with one attached hydrogen (secondary N) is 1. The van der Waals surface area contributed by atoms with E-state index in [2.05, 4.69) is 78.4 Å². The summed E-state index contributed by atoms with van der Waals surface area (Å²) in [5.41, 5.74) is 1.41. The molecule has 0 saturated heterocycles. The molecule has 0 radical (unpaired) electrons. The minimum Gasteiger partial charge on any atom is -0.314 e. The van der Waals surface area contributed by atoms with E-state index >= 15 is 0 Å². The summed E-state index contributed by atoms with van der Waals surface area (Å²) in [6, 6.07) is 13.9. The Morgan fingerprint density at radius 2 is 1.71 bits per heavy atom. The second-order valence-corrected chi connectivity index (χ2v) is 7.91. The third-order valence-corrected chi connectivity index (χ3v) is 5.41. The van der Waals surface area contributed by atoms with Crippen molar-refractivity contribution in [2.45, 2.75) is 45.6 Å². The Morgan fingerprint density at radius 1 is 1.05 bits per heavy atom. The fourth-order valence-corrected chi connectivity index (χ4v) is 3.69. The second-order valence-electron chi connectivity index (χ2n) is 5.74. The molecule has 0 aliphatic carbocycles. The molecule has 0 aliphatic rings. The molecule has 21 heavy (non-hydrogen) atoms. The van der Waals surface area contributed by atoms with Crippen molar-refractivity contribution in [3.8, 4) is 0 Å². The van der Waals surface area contributed by atoms with E-state index in [4.69, 9.17) is 0 Å². The van der Waals surface area contributed by atoms with Gasteiger partial charge in [-0.05, 0) is 42.7 Å². The fourth-order valence-electron chi connectivity index (χ4n) is 2.39. The van der Waals surface area contributed by atoms with Crippen LogP contribution in [0.2, 0.25) is 0 Å². The zero-order valence-electron chi connectivity index (χ0n) is 13.0. The molecule has 1 atom stereocenters. The van der Waals surface area contributed by atoms with E-state index in [0.717, 1.165) is 23.9 Å². The van der Waals surface area contributed by atoms with Crippen LogP contribution in [0.4, 0.5) is 0 Å². The Labute approximate surface area is 140 Å². The SMILES string of the molecule is CCc1ccc(CC(CNC(C)C)c2ccc(Br)cc2)s1. The zero-order chi connectivity index (χ0) is 15.2. The number of aryl methyl sites for hydroxylation is 1. The highest BCUT2D eigenvalue weighted by atomic mass is 79.9. The normalized spacial score (nSPS) is 12.8. The first-order chi connectivity index (χ1) is 10.1. The molecule has 0 fully saturated rings. The van der Waals surface area contributed by atoms with Crippen LogP contribution in [0.5, 0.6) is 0 Å². The maximum atomic E-state index is 3.59. The largest absolute Gasteiger partial charge is 0.314 e. The van der Waals surface area contributed by atoms with Gasteiger partial charge in [-0.3, -0.25) is 0 Å². The number of rotatable bonds is 7. The lowest BCUT2D eigenvalue weighted by atomic mass is 9.94. The van der Waals surface area contributed by atoms with E-state index in [-0.39, 0.29) is 0 Å². The molecule has 0 saturated carbocycles. The molecule has 0 aliphatic heterocycles. The summed E-state index contributed by atoms with van der Waals surface area (Å²) < 4.78 is 1.14. The molecule has 1 N–H and O–H groups in total. The number of hydrogen-bond donors (Lipinski definition) is 1. The van der Waals surface area contributed by atoms with Crippen molar-refractivity contribution in [3.05, 3.63) is 56.2 Å². The smallest absolute Gasteiger partial charge is 0.0175 e. The molecular weight excluding hydrogens is 342 g/mol. The molecule has 0 spiro atoms. The molecule has 0 amide bonds. The van der Waals surface area contributed by atoms with Crippen LogP contribution >= 0.6 is 27.3 Å². The highest BCUT2D eigenvalue weighted by Gasteiger charge is 2.14. The molecular formula is C18H24BrNS. The van der Waals surface area contributed by atoms with Gasteiger partial charge in [-0.2, -0.15) is 0 Å².